The lowest BCUT2D eigenvalue weighted by atomic mass is 9.33. The molecule has 0 unspecified atom stereocenters. The van der Waals surface area contributed by atoms with E-state index in [1.54, 1.807) is 0 Å². The van der Waals surface area contributed by atoms with E-state index in [1.807, 2.05) is 0 Å². The van der Waals surface area contributed by atoms with Crippen molar-refractivity contribution >= 4 is 74.3 Å². The number of benzene rings is 8. The summed E-state index contributed by atoms with van der Waals surface area (Å²) in [6, 6.07) is 71.3. The number of hydrogen-bond donors (Lipinski definition) is 0. The largest absolute Gasteiger partial charge is 0.311 e. The van der Waals surface area contributed by atoms with Crippen LogP contribution in [0.3, 0.4) is 0 Å². The summed E-state index contributed by atoms with van der Waals surface area (Å²) in [6.45, 7) is 4.79. The van der Waals surface area contributed by atoms with E-state index in [9.17, 15) is 0 Å². The minimum absolute atomic E-state index is 0.0553. The lowest BCUT2D eigenvalue weighted by Crippen LogP contribution is -2.61. The first kappa shape index (κ1) is 31.7. The minimum Gasteiger partial charge on any atom is -0.311 e. The van der Waals surface area contributed by atoms with Gasteiger partial charge in [0.05, 0.1) is 0 Å². The van der Waals surface area contributed by atoms with Crippen molar-refractivity contribution in [3.8, 4) is 11.1 Å². The molecular weight excluding hydrogens is 665 g/mol. The van der Waals surface area contributed by atoms with Gasteiger partial charge >= 0.3 is 0 Å². The van der Waals surface area contributed by atoms with Crippen LogP contribution < -0.4 is 31.1 Å². The third-order valence-corrected chi connectivity index (χ3v) is 12.0. The molecule has 0 saturated heterocycles. The van der Waals surface area contributed by atoms with Gasteiger partial charge in [-0.3, -0.25) is 0 Å². The van der Waals surface area contributed by atoms with Crippen molar-refractivity contribution in [1.29, 1.82) is 0 Å². The number of rotatable bonds is 5. The van der Waals surface area contributed by atoms with Gasteiger partial charge in [-0.15, -0.1) is 0 Å². The first-order valence-corrected chi connectivity index (χ1v) is 19.2. The zero-order chi connectivity index (χ0) is 36.7. The predicted octanol–water partition coefficient (Wildman–Crippen LogP) is 11.5. The van der Waals surface area contributed by atoms with Crippen LogP contribution in [0.1, 0.15) is 25.0 Å². The van der Waals surface area contributed by atoms with Crippen molar-refractivity contribution in [2.24, 2.45) is 0 Å². The second kappa shape index (κ2) is 12.1. The molecule has 3 nitrogen and oxygen atoms in total. The molecule has 8 aromatic rings. The zero-order valence-corrected chi connectivity index (χ0v) is 30.9. The molecule has 0 N–H and O–H groups in total. The van der Waals surface area contributed by atoms with Gasteiger partial charge in [0.1, 0.15) is 0 Å². The van der Waals surface area contributed by atoms with Crippen LogP contribution in [0.2, 0.25) is 0 Å². The Morgan fingerprint density at radius 2 is 0.964 bits per heavy atom. The van der Waals surface area contributed by atoms with E-state index in [0.29, 0.717) is 0 Å². The first-order valence-electron chi connectivity index (χ1n) is 19.2. The number of nitrogens with zero attached hydrogens (tertiary/aromatic N) is 3. The number of hydrogen-bond acceptors (Lipinski definition) is 3. The SMILES string of the molecule is CC1(C)c2ccccc2-c2ccc(N3c4ccccc4B4c5ccc(N(c6ccccc6)c6ccccc6)cc5N(c5ccccc5)c5cccc3c54)cc21. The van der Waals surface area contributed by atoms with Gasteiger partial charge in [-0.1, -0.05) is 129 Å². The summed E-state index contributed by atoms with van der Waals surface area (Å²) in [7, 11) is 0. The molecule has 260 valence electrons. The monoisotopic (exact) mass is 703 g/mol. The van der Waals surface area contributed by atoms with E-state index in [1.165, 1.54) is 67.1 Å². The molecule has 0 atom stereocenters. The van der Waals surface area contributed by atoms with Crippen LogP contribution in [0, 0.1) is 0 Å². The Kier molecular flexibility index (Phi) is 6.99. The topological polar surface area (TPSA) is 9.72 Å². The fourth-order valence-electron chi connectivity index (χ4n) is 9.58. The minimum atomic E-state index is -0.0932. The Balaban J connectivity index is 1.14. The maximum atomic E-state index is 2.51. The summed E-state index contributed by atoms with van der Waals surface area (Å²) in [6.07, 6.45) is 0. The molecule has 0 saturated carbocycles. The van der Waals surface area contributed by atoms with Crippen LogP contribution in [-0.4, -0.2) is 6.71 Å². The molecule has 0 radical (unpaired) electrons. The van der Waals surface area contributed by atoms with Crippen molar-refractivity contribution in [2.75, 3.05) is 14.7 Å². The summed E-state index contributed by atoms with van der Waals surface area (Å²) >= 11 is 0. The van der Waals surface area contributed by atoms with Gasteiger partial charge in [0, 0.05) is 56.6 Å². The summed E-state index contributed by atoms with van der Waals surface area (Å²) < 4.78 is 0. The van der Waals surface area contributed by atoms with Crippen LogP contribution in [0.5, 0.6) is 0 Å². The lowest BCUT2D eigenvalue weighted by Gasteiger charge is -2.44. The number of anilines is 9. The zero-order valence-electron chi connectivity index (χ0n) is 30.9. The van der Waals surface area contributed by atoms with Crippen LogP contribution >= 0.6 is 0 Å². The summed E-state index contributed by atoms with van der Waals surface area (Å²) in [5, 5.41) is 0. The summed E-state index contributed by atoms with van der Waals surface area (Å²) in [5.74, 6) is 0. The van der Waals surface area contributed by atoms with Gasteiger partial charge in [0.15, 0.2) is 0 Å². The van der Waals surface area contributed by atoms with E-state index in [-0.39, 0.29) is 12.1 Å². The average Bonchev–Trinajstić information content (AvgIpc) is 3.47. The van der Waals surface area contributed by atoms with Crippen LogP contribution in [0.15, 0.2) is 194 Å². The molecule has 55 heavy (non-hydrogen) atoms. The second-order valence-corrected chi connectivity index (χ2v) is 15.4. The maximum Gasteiger partial charge on any atom is 0.252 e. The standard InChI is InChI=1S/C51H38BN3/c1-51(2)42-24-13-12-23-40(42)41-31-29-38(33-43(41)51)55-46-26-15-14-25-44(46)52-45-32-30-39(53(35-17-6-3-7-18-35)36-19-8-4-9-20-36)34-49(45)54(37-21-10-5-11-22-37)47-27-16-28-48(55)50(47)52/h3-34H,1-2H3. The molecule has 0 bridgehead atoms. The molecule has 4 heteroatoms. The van der Waals surface area contributed by atoms with Crippen molar-refractivity contribution in [1.82, 2.24) is 0 Å². The fraction of sp³-hybridized carbons (Fsp3) is 0.0588. The van der Waals surface area contributed by atoms with E-state index in [2.05, 4.69) is 223 Å². The summed E-state index contributed by atoms with van der Waals surface area (Å²) in [4.78, 5) is 7.36. The maximum absolute atomic E-state index is 2.51. The first-order chi connectivity index (χ1) is 27.1. The van der Waals surface area contributed by atoms with Crippen molar-refractivity contribution in [3.05, 3.63) is 205 Å². The van der Waals surface area contributed by atoms with Gasteiger partial charge in [-0.25, -0.2) is 0 Å². The third kappa shape index (κ3) is 4.71. The van der Waals surface area contributed by atoms with E-state index in [0.717, 1.165) is 22.7 Å². The van der Waals surface area contributed by atoms with Gasteiger partial charge < -0.3 is 14.7 Å². The molecule has 2 aliphatic heterocycles. The highest BCUT2D eigenvalue weighted by atomic mass is 15.2. The molecule has 0 spiro atoms. The Labute approximate surface area is 323 Å². The lowest BCUT2D eigenvalue weighted by molar-refractivity contribution is 0.660. The van der Waals surface area contributed by atoms with Gasteiger partial charge in [-0.05, 0) is 118 Å². The molecule has 2 heterocycles. The van der Waals surface area contributed by atoms with Crippen molar-refractivity contribution in [3.63, 3.8) is 0 Å². The Hall–Kier alpha value is -6.78. The molecule has 8 aromatic carbocycles. The van der Waals surface area contributed by atoms with Crippen LogP contribution in [-0.2, 0) is 5.41 Å². The molecule has 11 rings (SSSR count). The molecule has 1 aliphatic carbocycles. The van der Waals surface area contributed by atoms with E-state index in [4.69, 9.17) is 0 Å². The number of fused-ring (bicyclic) bond motifs is 7. The highest BCUT2D eigenvalue weighted by molar-refractivity contribution is 7.00. The number of para-hydroxylation sites is 4. The Morgan fingerprint density at radius 3 is 1.69 bits per heavy atom. The van der Waals surface area contributed by atoms with Gasteiger partial charge in [0.25, 0.3) is 6.71 Å². The second-order valence-electron chi connectivity index (χ2n) is 15.4. The molecule has 3 aliphatic rings. The molecular formula is C51H38BN3. The molecule has 0 fully saturated rings. The average molecular weight is 704 g/mol. The molecule has 0 amide bonds. The summed E-state index contributed by atoms with van der Waals surface area (Å²) in [5.41, 5.74) is 19.8. The van der Waals surface area contributed by atoms with Crippen molar-refractivity contribution < 1.29 is 0 Å². The van der Waals surface area contributed by atoms with Gasteiger partial charge in [0.2, 0.25) is 0 Å². The Bertz CT molecular complexity index is 2720. The molecule has 0 aromatic heterocycles. The Morgan fingerprint density at radius 1 is 0.400 bits per heavy atom. The van der Waals surface area contributed by atoms with Gasteiger partial charge in [-0.2, -0.15) is 0 Å². The van der Waals surface area contributed by atoms with Crippen LogP contribution in [0.4, 0.5) is 51.2 Å². The van der Waals surface area contributed by atoms with Crippen molar-refractivity contribution in [2.45, 2.75) is 19.3 Å². The smallest absolute Gasteiger partial charge is 0.252 e. The predicted molar refractivity (Wildman–Crippen MR) is 233 cm³/mol. The normalized spacial score (nSPS) is 14.0. The quantitative estimate of drug-likeness (QED) is 0.165. The highest BCUT2D eigenvalue weighted by Crippen LogP contribution is 2.51. The van der Waals surface area contributed by atoms with E-state index < -0.39 is 0 Å². The van der Waals surface area contributed by atoms with Crippen LogP contribution in [0.25, 0.3) is 11.1 Å². The van der Waals surface area contributed by atoms with E-state index >= 15 is 0 Å². The third-order valence-electron chi connectivity index (χ3n) is 12.0. The highest BCUT2D eigenvalue weighted by Gasteiger charge is 2.44. The fourth-order valence-corrected chi connectivity index (χ4v) is 9.58.